The van der Waals surface area contributed by atoms with Crippen molar-refractivity contribution in [3.63, 3.8) is 0 Å². The molecule has 0 unspecified atom stereocenters. The lowest BCUT2D eigenvalue weighted by Gasteiger charge is -1.91. The van der Waals surface area contributed by atoms with Crippen LogP contribution in [0.4, 0.5) is 0 Å². The number of hydrogen-bond acceptors (Lipinski definition) is 3. The second kappa shape index (κ2) is 5.69. The Balaban J connectivity index is 2.42. The van der Waals surface area contributed by atoms with E-state index in [9.17, 15) is 0 Å². The van der Waals surface area contributed by atoms with Gasteiger partial charge in [-0.05, 0) is 29.0 Å². The molecule has 68 valence electrons. The normalized spacial score (nSPS) is 10.6. The summed E-state index contributed by atoms with van der Waals surface area (Å²) in [5, 5.41) is 0.803. The van der Waals surface area contributed by atoms with Gasteiger partial charge < -0.3 is 4.42 Å². The second-order valence-corrected chi connectivity index (χ2v) is 5.29. The van der Waals surface area contributed by atoms with Gasteiger partial charge >= 0.3 is 0 Å². The van der Waals surface area contributed by atoms with E-state index in [1.807, 2.05) is 0 Å². The molecule has 0 saturated carbocycles. The first-order valence-electron chi connectivity index (χ1n) is 3.68. The fourth-order valence-electron chi connectivity index (χ4n) is 0.631. The highest BCUT2D eigenvalue weighted by atomic mass is 127. The number of halogens is 2. The summed E-state index contributed by atoms with van der Waals surface area (Å²) in [6, 6.07) is 0. The molecule has 0 saturated heterocycles. The first-order valence-corrected chi connectivity index (χ1v) is 6.83. The summed E-state index contributed by atoms with van der Waals surface area (Å²) < 4.78 is 7.25. The predicted molar refractivity (Wildman–Crippen MR) is 67.6 cm³/mol. The maximum atomic E-state index is 5.39. The Morgan fingerprint density at radius 2 is 2.25 bits per heavy atom. The van der Waals surface area contributed by atoms with Crippen molar-refractivity contribution in [1.82, 2.24) is 4.98 Å². The zero-order valence-electron chi connectivity index (χ0n) is 6.64. The zero-order chi connectivity index (χ0) is 8.97. The number of thioether (sulfide) groups is 1. The lowest BCUT2D eigenvalue weighted by Crippen LogP contribution is -1.77. The van der Waals surface area contributed by atoms with Crippen LogP contribution in [0.2, 0.25) is 0 Å². The van der Waals surface area contributed by atoms with Crippen LogP contribution in [0.1, 0.15) is 19.8 Å². The molecule has 5 heteroatoms. The molecule has 0 amide bonds. The van der Waals surface area contributed by atoms with Crippen molar-refractivity contribution in [2.24, 2.45) is 0 Å². The number of aromatic nitrogens is 1. The van der Waals surface area contributed by atoms with Crippen molar-refractivity contribution >= 4 is 56.9 Å². The van der Waals surface area contributed by atoms with E-state index in [2.05, 4.69) is 57.1 Å². The van der Waals surface area contributed by atoms with Crippen molar-refractivity contribution in [3.05, 3.63) is 7.47 Å². The third-order valence-electron chi connectivity index (χ3n) is 1.25. The minimum atomic E-state index is 0.803. The van der Waals surface area contributed by atoms with Gasteiger partial charge in [-0.25, -0.2) is 0 Å². The third-order valence-corrected chi connectivity index (χ3v) is 4.66. The molecule has 1 aromatic heterocycles. The first kappa shape index (κ1) is 11.1. The molecule has 0 fully saturated rings. The SMILES string of the molecule is CCCCSc1nc(I)c(I)o1. The quantitative estimate of drug-likeness (QED) is 0.431. The van der Waals surface area contributed by atoms with Gasteiger partial charge in [-0.3, -0.25) is 0 Å². The molecule has 1 aromatic rings. The van der Waals surface area contributed by atoms with E-state index in [1.165, 1.54) is 12.8 Å². The van der Waals surface area contributed by atoms with Gasteiger partial charge in [-0.1, -0.05) is 25.1 Å². The monoisotopic (exact) mass is 409 g/mol. The molecule has 0 aliphatic carbocycles. The van der Waals surface area contributed by atoms with Gasteiger partial charge in [0.1, 0.15) is 0 Å². The van der Waals surface area contributed by atoms with Crippen molar-refractivity contribution in [2.45, 2.75) is 25.0 Å². The number of nitrogens with zero attached hydrogens (tertiary/aromatic N) is 1. The maximum absolute atomic E-state index is 5.39. The number of rotatable bonds is 4. The molecule has 1 heterocycles. The van der Waals surface area contributed by atoms with Crippen LogP contribution in [0.15, 0.2) is 9.64 Å². The summed E-state index contributed by atoms with van der Waals surface area (Å²) in [4.78, 5) is 4.26. The van der Waals surface area contributed by atoms with Gasteiger partial charge in [0, 0.05) is 28.3 Å². The predicted octanol–water partition coefficient (Wildman–Crippen LogP) is 3.78. The summed E-state index contributed by atoms with van der Waals surface area (Å²) in [5.74, 6) is 1.10. The molecule has 0 N–H and O–H groups in total. The van der Waals surface area contributed by atoms with Crippen molar-refractivity contribution < 1.29 is 4.42 Å². The summed E-state index contributed by atoms with van der Waals surface area (Å²) >= 11 is 6.03. The molecular weight excluding hydrogens is 400 g/mol. The zero-order valence-corrected chi connectivity index (χ0v) is 11.8. The Morgan fingerprint density at radius 1 is 1.50 bits per heavy atom. The topological polar surface area (TPSA) is 26.0 Å². The number of oxazole rings is 1. The Labute approximate surface area is 104 Å². The van der Waals surface area contributed by atoms with Crippen LogP contribution in [-0.4, -0.2) is 10.7 Å². The molecule has 2 nitrogen and oxygen atoms in total. The van der Waals surface area contributed by atoms with E-state index in [4.69, 9.17) is 4.42 Å². The summed E-state index contributed by atoms with van der Waals surface area (Å²) in [7, 11) is 0. The van der Waals surface area contributed by atoms with Gasteiger partial charge in [-0.15, -0.1) is 0 Å². The largest absolute Gasteiger partial charge is 0.424 e. The van der Waals surface area contributed by atoms with E-state index in [-0.39, 0.29) is 0 Å². The van der Waals surface area contributed by atoms with Gasteiger partial charge in [0.05, 0.1) is 0 Å². The molecule has 0 bridgehead atoms. The van der Waals surface area contributed by atoms with Gasteiger partial charge in [0.2, 0.25) is 0 Å². The van der Waals surface area contributed by atoms with Gasteiger partial charge in [0.25, 0.3) is 5.22 Å². The summed E-state index contributed by atoms with van der Waals surface area (Å²) in [6.07, 6.45) is 2.45. The Morgan fingerprint density at radius 3 is 2.75 bits per heavy atom. The van der Waals surface area contributed by atoms with Crippen molar-refractivity contribution in [2.75, 3.05) is 5.75 Å². The van der Waals surface area contributed by atoms with E-state index in [0.717, 1.165) is 18.4 Å². The van der Waals surface area contributed by atoms with Gasteiger partial charge in [-0.2, -0.15) is 4.98 Å². The minimum Gasteiger partial charge on any atom is -0.424 e. The smallest absolute Gasteiger partial charge is 0.257 e. The van der Waals surface area contributed by atoms with E-state index < -0.39 is 0 Å². The molecule has 12 heavy (non-hydrogen) atoms. The van der Waals surface area contributed by atoms with Crippen molar-refractivity contribution in [1.29, 1.82) is 0 Å². The van der Waals surface area contributed by atoms with Crippen LogP contribution in [0, 0.1) is 7.47 Å². The fourth-order valence-corrected chi connectivity index (χ4v) is 2.51. The molecular formula is C7H9I2NOS. The van der Waals surface area contributed by atoms with Crippen LogP contribution in [0.25, 0.3) is 0 Å². The fraction of sp³-hybridized carbons (Fsp3) is 0.571. The molecule has 0 aromatic carbocycles. The lowest BCUT2D eigenvalue weighted by molar-refractivity contribution is 0.432. The first-order chi connectivity index (χ1) is 5.74. The molecule has 0 aliphatic rings. The minimum absolute atomic E-state index is 0.803. The average molecular weight is 409 g/mol. The van der Waals surface area contributed by atoms with Gasteiger partial charge in [0.15, 0.2) is 7.47 Å². The van der Waals surface area contributed by atoms with E-state index in [1.54, 1.807) is 11.8 Å². The van der Waals surface area contributed by atoms with Crippen LogP contribution in [-0.2, 0) is 0 Å². The molecule has 1 rings (SSSR count). The van der Waals surface area contributed by atoms with Crippen LogP contribution in [0.5, 0.6) is 0 Å². The highest BCUT2D eigenvalue weighted by Crippen LogP contribution is 2.23. The van der Waals surface area contributed by atoms with Crippen LogP contribution < -0.4 is 0 Å². The maximum Gasteiger partial charge on any atom is 0.257 e. The highest BCUT2D eigenvalue weighted by molar-refractivity contribution is 14.1. The van der Waals surface area contributed by atoms with E-state index >= 15 is 0 Å². The number of hydrogen-bond donors (Lipinski definition) is 0. The van der Waals surface area contributed by atoms with Crippen LogP contribution >= 0.6 is 56.9 Å². The Kier molecular flexibility index (Phi) is 5.26. The lowest BCUT2D eigenvalue weighted by atomic mass is 10.4. The highest BCUT2D eigenvalue weighted by Gasteiger charge is 2.07. The van der Waals surface area contributed by atoms with Crippen molar-refractivity contribution in [3.8, 4) is 0 Å². The summed E-state index contributed by atoms with van der Waals surface area (Å²) in [6.45, 7) is 2.18. The number of unbranched alkanes of at least 4 members (excludes halogenated alkanes) is 1. The second-order valence-electron chi connectivity index (χ2n) is 2.25. The Bertz CT molecular complexity index is 232. The molecule has 0 spiro atoms. The molecule has 0 atom stereocenters. The van der Waals surface area contributed by atoms with Crippen LogP contribution in [0.3, 0.4) is 0 Å². The Hall–Kier alpha value is 1.02. The average Bonchev–Trinajstić information content (AvgIpc) is 2.32. The summed E-state index contributed by atoms with van der Waals surface area (Å²) in [5.41, 5.74) is 0. The van der Waals surface area contributed by atoms with E-state index in [0.29, 0.717) is 0 Å². The molecule has 0 aliphatic heterocycles. The standard InChI is InChI=1S/C7H9I2NOS/c1-2-3-4-12-7-10-5(8)6(9)11-7/h2-4H2,1H3. The third kappa shape index (κ3) is 3.41. The molecule has 0 radical (unpaired) electrons.